The smallest absolute Gasteiger partial charge is 0.271 e. The number of benzene rings is 1. The average molecular weight is 308 g/mol. The molecule has 1 aliphatic carbocycles. The highest BCUT2D eigenvalue weighted by Gasteiger charge is 2.22. The molecule has 0 aliphatic heterocycles. The van der Waals surface area contributed by atoms with Gasteiger partial charge in [-0.2, -0.15) is 0 Å². The van der Waals surface area contributed by atoms with Gasteiger partial charge in [0.05, 0.1) is 0 Å². The van der Waals surface area contributed by atoms with E-state index in [0.717, 1.165) is 5.25 Å². The van der Waals surface area contributed by atoms with Gasteiger partial charge in [0.1, 0.15) is 6.10 Å². The summed E-state index contributed by atoms with van der Waals surface area (Å²) in [6.45, 7) is 1.78. The number of oxime groups is 1. The van der Waals surface area contributed by atoms with Gasteiger partial charge >= 0.3 is 0 Å². The lowest BCUT2D eigenvalue weighted by atomic mass is 10.1. The average Bonchev–Trinajstić information content (AvgIpc) is 3.25. The van der Waals surface area contributed by atoms with Crippen LogP contribution in [-0.4, -0.2) is 34.7 Å². The molecule has 0 saturated heterocycles. The maximum Gasteiger partial charge on any atom is 0.271 e. The van der Waals surface area contributed by atoms with Crippen LogP contribution in [0, 0.1) is 0 Å². The fraction of sp³-hybridized carbons (Fsp3) is 0.467. The lowest BCUT2D eigenvalue weighted by Crippen LogP contribution is -2.25. The number of nitrogens with zero attached hydrogens (tertiary/aromatic N) is 1. The Labute approximate surface area is 128 Å². The van der Waals surface area contributed by atoms with Crippen LogP contribution in [-0.2, 0) is 9.63 Å². The van der Waals surface area contributed by atoms with E-state index >= 15 is 0 Å². The number of aliphatic hydroxyl groups excluding tert-OH is 1. The maximum absolute atomic E-state index is 11.5. The van der Waals surface area contributed by atoms with E-state index in [1.54, 1.807) is 6.92 Å². The Morgan fingerprint density at radius 2 is 2.14 bits per heavy atom. The third kappa shape index (κ3) is 5.06. The lowest BCUT2D eigenvalue weighted by molar-refractivity contribution is -0.112. The second-order valence-electron chi connectivity index (χ2n) is 5.07. The van der Waals surface area contributed by atoms with Crippen molar-refractivity contribution in [2.45, 2.75) is 42.4 Å². The fourth-order valence-corrected chi connectivity index (χ4v) is 2.74. The number of aliphatic hydroxyl groups is 1. The van der Waals surface area contributed by atoms with Gasteiger partial charge in [0, 0.05) is 28.7 Å². The predicted octanol–water partition coefficient (Wildman–Crippen LogP) is 1.92. The molecule has 0 aromatic heterocycles. The van der Waals surface area contributed by atoms with Crippen LogP contribution in [0.3, 0.4) is 0 Å². The van der Waals surface area contributed by atoms with E-state index in [-0.39, 0.29) is 18.4 Å². The standard InChI is InChI=1S/C15H20N2O3S/c1-10(8-9-18)20-17-14(15(16)19)11-2-4-12(5-3-11)21-13-6-7-13/h2-5,10,13,18H,6-9H2,1H3,(H2,16,19)/b17-14-/t10-/m0/s1. The summed E-state index contributed by atoms with van der Waals surface area (Å²) in [5, 5.41) is 13.4. The minimum Gasteiger partial charge on any atom is -0.396 e. The van der Waals surface area contributed by atoms with Gasteiger partial charge in [-0.1, -0.05) is 17.3 Å². The Hall–Kier alpha value is -1.53. The SMILES string of the molecule is C[C@@H](CCO)O/N=C(\C(N)=O)c1ccc(SC2CC2)cc1. The molecule has 21 heavy (non-hydrogen) atoms. The van der Waals surface area contributed by atoms with Crippen LogP contribution in [0.1, 0.15) is 31.7 Å². The number of carbonyl (C=O) groups excluding carboxylic acids is 1. The first-order valence-electron chi connectivity index (χ1n) is 7.01. The van der Waals surface area contributed by atoms with Crippen LogP contribution in [0.2, 0.25) is 0 Å². The number of amides is 1. The Morgan fingerprint density at radius 3 is 2.67 bits per heavy atom. The van der Waals surface area contributed by atoms with Crippen LogP contribution < -0.4 is 5.73 Å². The van der Waals surface area contributed by atoms with E-state index < -0.39 is 5.91 Å². The summed E-state index contributed by atoms with van der Waals surface area (Å²) in [7, 11) is 0. The van der Waals surface area contributed by atoms with Crippen molar-refractivity contribution in [3.63, 3.8) is 0 Å². The summed E-state index contributed by atoms with van der Waals surface area (Å²) in [6, 6.07) is 7.59. The molecule has 1 aromatic carbocycles. The molecule has 6 heteroatoms. The molecule has 1 amide bonds. The van der Waals surface area contributed by atoms with Crippen molar-refractivity contribution >= 4 is 23.4 Å². The van der Waals surface area contributed by atoms with Gasteiger partial charge in [0.15, 0.2) is 5.71 Å². The third-order valence-corrected chi connectivity index (χ3v) is 4.40. The molecule has 114 valence electrons. The Kier molecular flexibility index (Phi) is 5.64. The molecule has 1 fully saturated rings. The van der Waals surface area contributed by atoms with Crippen LogP contribution in [0.5, 0.6) is 0 Å². The summed E-state index contributed by atoms with van der Waals surface area (Å²) in [6.07, 6.45) is 2.73. The summed E-state index contributed by atoms with van der Waals surface area (Å²) in [5.74, 6) is -0.631. The first kappa shape index (κ1) is 15.9. The van der Waals surface area contributed by atoms with Crippen molar-refractivity contribution in [2.75, 3.05) is 6.61 Å². The number of hydrogen-bond donors (Lipinski definition) is 2. The van der Waals surface area contributed by atoms with E-state index in [1.165, 1.54) is 17.7 Å². The van der Waals surface area contributed by atoms with Gasteiger partial charge in [-0.25, -0.2) is 0 Å². The van der Waals surface area contributed by atoms with E-state index in [2.05, 4.69) is 5.16 Å². The Bertz CT molecular complexity index is 512. The molecule has 0 spiro atoms. The molecule has 0 heterocycles. The van der Waals surface area contributed by atoms with Crippen molar-refractivity contribution in [3.8, 4) is 0 Å². The molecule has 0 unspecified atom stereocenters. The number of carbonyl (C=O) groups is 1. The minimum atomic E-state index is -0.631. The normalized spacial score (nSPS) is 16.6. The molecule has 3 N–H and O–H groups in total. The topological polar surface area (TPSA) is 84.9 Å². The second-order valence-corrected chi connectivity index (χ2v) is 6.45. The first-order valence-corrected chi connectivity index (χ1v) is 7.89. The van der Waals surface area contributed by atoms with E-state index in [0.29, 0.717) is 12.0 Å². The maximum atomic E-state index is 11.5. The minimum absolute atomic E-state index is 0.00960. The van der Waals surface area contributed by atoms with Crippen molar-refractivity contribution in [2.24, 2.45) is 10.9 Å². The van der Waals surface area contributed by atoms with Crippen molar-refractivity contribution in [1.82, 2.24) is 0 Å². The van der Waals surface area contributed by atoms with Gasteiger partial charge in [0.25, 0.3) is 5.91 Å². The molecular weight excluding hydrogens is 288 g/mol. The van der Waals surface area contributed by atoms with E-state index in [4.69, 9.17) is 15.7 Å². The van der Waals surface area contributed by atoms with Crippen LogP contribution in [0.15, 0.2) is 34.3 Å². The molecule has 0 bridgehead atoms. The van der Waals surface area contributed by atoms with Crippen molar-refractivity contribution < 1.29 is 14.7 Å². The van der Waals surface area contributed by atoms with E-state index in [1.807, 2.05) is 36.0 Å². The van der Waals surface area contributed by atoms with Crippen molar-refractivity contribution in [1.29, 1.82) is 0 Å². The molecule has 1 saturated carbocycles. The largest absolute Gasteiger partial charge is 0.396 e. The molecule has 1 aliphatic rings. The summed E-state index contributed by atoms with van der Waals surface area (Å²) in [4.78, 5) is 17.9. The predicted molar refractivity (Wildman–Crippen MR) is 83.3 cm³/mol. The molecule has 1 atom stereocenters. The van der Waals surface area contributed by atoms with Gasteiger partial charge in [-0.15, -0.1) is 11.8 Å². The zero-order valence-corrected chi connectivity index (χ0v) is 12.8. The first-order chi connectivity index (χ1) is 10.1. The number of rotatable bonds is 8. The molecule has 1 aromatic rings. The van der Waals surface area contributed by atoms with Gasteiger partial charge in [0.2, 0.25) is 0 Å². The molecule has 0 radical (unpaired) electrons. The molecule has 5 nitrogen and oxygen atoms in total. The van der Waals surface area contributed by atoms with Crippen LogP contribution in [0.4, 0.5) is 0 Å². The Morgan fingerprint density at radius 1 is 1.48 bits per heavy atom. The third-order valence-electron chi connectivity index (χ3n) is 3.05. The van der Waals surface area contributed by atoms with Crippen LogP contribution >= 0.6 is 11.8 Å². The fourth-order valence-electron chi connectivity index (χ4n) is 1.69. The summed E-state index contributed by atoms with van der Waals surface area (Å²) < 4.78 is 0. The highest BCUT2D eigenvalue weighted by Crippen LogP contribution is 2.39. The number of thioether (sulfide) groups is 1. The molecule has 2 rings (SSSR count). The second kappa shape index (κ2) is 7.47. The quantitative estimate of drug-likeness (QED) is 0.567. The highest BCUT2D eigenvalue weighted by atomic mass is 32.2. The van der Waals surface area contributed by atoms with Gasteiger partial charge in [-0.05, 0) is 31.9 Å². The monoisotopic (exact) mass is 308 g/mol. The Balaban J connectivity index is 2.05. The summed E-state index contributed by atoms with van der Waals surface area (Å²) >= 11 is 1.85. The molecular formula is C15H20N2O3S. The van der Waals surface area contributed by atoms with Gasteiger partial charge < -0.3 is 15.7 Å². The number of hydrogen-bond acceptors (Lipinski definition) is 5. The van der Waals surface area contributed by atoms with Crippen LogP contribution in [0.25, 0.3) is 0 Å². The van der Waals surface area contributed by atoms with E-state index in [9.17, 15) is 4.79 Å². The van der Waals surface area contributed by atoms with Crippen molar-refractivity contribution in [3.05, 3.63) is 29.8 Å². The summed E-state index contributed by atoms with van der Waals surface area (Å²) in [5.41, 5.74) is 6.09. The number of primary amides is 1. The highest BCUT2D eigenvalue weighted by molar-refractivity contribution is 8.00. The zero-order chi connectivity index (χ0) is 15.2. The zero-order valence-electron chi connectivity index (χ0n) is 12.0. The van der Waals surface area contributed by atoms with Gasteiger partial charge in [-0.3, -0.25) is 4.79 Å². The lowest BCUT2D eigenvalue weighted by Gasteiger charge is -2.09. The number of nitrogens with two attached hydrogens (primary N) is 1.